The SMILES string of the molecule is O=c1c2ccccc2c2cc(-c3ccccc3)cc3nc(-c4cccc5oc6ccccc6c45)n1c32. The summed E-state index contributed by atoms with van der Waals surface area (Å²) in [6.45, 7) is 0. The number of imidazole rings is 1. The molecule has 0 amide bonds. The van der Waals surface area contributed by atoms with Gasteiger partial charge in [-0.1, -0.05) is 78.9 Å². The average Bonchev–Trinajstić information content (AvgIpc) is 3.51. The van der Waals surface area contributed by atoms with Crippen molar-refractivity contribution in [2.24, 2.45) is 0 Å². The molecule has 0 aliphatic heterocycles. The molecule has 0 spiro atoms. The highest BCUT2D eigenvalue weighted by molar-refractivity contribution is 6.15. The molecule has 0 bridgehead atoms. The maximum atomic E-state index is 13.9. The monoisotopic (exact) mass is 462 g/mol. The van der Waals surface area contributed by atoms with Crippen LogP contribution in [0.2, 0.25) is 0 Å². The third-order valence-electron chi connectivity index (χ3n) is 7.15. The van der Waals surface area contributed by atoms with Crippen molar-refractivity contribution < 1.29 is 4.42 Å². The summed E-state index contributed by atoms with van der Waals surface area (Å²) in [5.41, 5.74) is 6.25. The fourth-order valence-corrected chi connectivity index (χ4v) is 5.58. The van der Waals surface area contributed by atoms with Gasteiger partial charge < -0.3 is 4.42 Å². The molecule has 3 heterocycles. The second-order valence-corrected chi connectivity index (χ2v) is 9.16. The van der Waals surface area contributed by atoms with Gasteiger partial charge in [0.25, 0.3) is 5.56 Å². The van der Waals surface area contributed by atoms with Crippen LogP contribution in [0.3, 0.4) is 0 Å². The van der Waals surface area contributed by atoms with Gasteiger partial charge >= 0.3 is 0 Å². The van der Waals surface area contributed by atoms with Gasteiger partial charge in [0, 0.05) is 27.1 Å². The number of pyridine rings is 1. The van der Waals surface area contributed by atoms with E-state index in [2.05, 4.69) is 30.3 Å². The van der Waals surface area contributed by atoms with E-state index in [0.29, 0.717) is 11.2 Å². The number of nitrogens with zero attached hydrogens (tertiary/aromatic N) is 2. The van der Waals surface area contributed by atoms with Crippen LogP contribution in [0.25, 0.3) is 71.6 Å². The van der Waals surface area contributed by atoms with Crippen molar-refractivity contribution in [3.63, 3.8) is 0 Å². The molecule has 8 aromatic rings. The standard InChI is InChI=1S/C32H18N2O2/c35-32-22-12-5-4-11-21(22)25-17-20(19-9-2-1-3-10-19)18-26-30(25)34(32)31(33-26)24-14-8-16-28-29(24)23-13-6-7-15-27(23)36-28/h1-18H. The Balaban J connectivity index is 1.58. The first kappa shape index (κ1) is 19.4. The third kappa shape index (κ3) is 2.53. The molecule has 0 fully saturated rings. The number of rotatable bonds is 2. The summed E-state index contributed by atoms with van der Waals surface area (Å²) >= 11 is 0. The Morgan fingerprint density at radius 2 is 1.33 bits per heavy atom. The van der Waals surface area contributed by atoms with Gasteiger partial charge in [0.2, 0.25) is 0 Å². The lowest BCUT2D eigenvalue weighted by Crippen LogP contribution is -2.14. The van der Waals surface area contributed by atoms with Gasteiger partial charge in [-0.3, -0.25) is 9.20 Å². The largest absolute Gasteiger partial charge is 0.456 e. The lowest BCUT2D eigenvalue weighted by Gasteiger charge is -2.09. The fraction of sp³-hybridized carbons (Fsp3) is 0. The molecule has 5 aromatic carbocycles. The van der Waals surface area contributed by atoms with Crippen LogP contribution in [0.1, 0.15) is 0 Å². The van der Waals surface area contributed by atoms with Crippen LogP contribution in [0.4, 0.5) is 0 Å². The van der Waals surface area contributed by atoms with Crippen LogP contribution in [0.5, 0.6) is 0 Å². The minimum atomic E-state index is -0.0622. The molecule has 0 N–H and O–H groups in total. The number of hydrogen-bond acceptors (Lipinski definition) is 3. The van der Waals surface area contributed by atoms with E-state index in [4.69, 9.17) is 9.40 Å². The van der Waals surface area contributed by atoms with Crippen LogP contribution >= 0.6 is 0 Å². The van der Waals surface area contributed by atoms with Crippen molar-refractivity contribution in [3.8, 4) is 22.5 Å². The minimum absolute atomic E-state index is 0.0622. The van der Waals surface area contributed by atoms with E-state index in [1.54, 1.807) is 4.40 Å². The summed E-state index contributed by atoms with van der Waals surface area (Å²) in [6, 6.07) is 36.3. The topological polar surface area (TPSA) is 47.5 Å². The molecule has 0 saturated heterocycles. The lowest BCUT2D eigenvalue weighted by molar-refractivity contribution is 0.669. The van der Waals surface area contributed by atoms with E-state index in [0.717, 1.165) is 60.4 Å². The Kier molecular flexibility index (Phi) is 3.78. The summed E-state index contributed by atoms with van der Waals surface area (Å²) in [6.07, 6.45) is 0. The molecular formula is C32H18N2O2. The number of fused-ring (bicyclic) bond motifs is 5. The average molecular weight is 463 g/mol. The molecule has 36 heavy (non-hydrogen) atoms. The smallest absolute Gasteiger partial charge is 0.264 e. The third-order valence-corrected chi connectivity index (χ3v) is 7.15. The molecule has 0 atom stereocenters. The number of hydrogen-bond donors (Lipinski definition) is 0. The molecule has 0 radical (unpaired) electrons. The van der Waals surface area contributed by atoms with Crippen LogP contribution in [-0.4, -0.2) is 9.38 Å². The molecule has 0 unspecified atom stereocenters. The molecule has 0 aliphatic carbocycles. The van der Waals surface area contributed by atoms with Gasteiger partial charge in [-0.15, -0.1) is 0 Å². The number of furan rings is 1. The molecule has 0 aliphatic rings. The summed E-state index contributed by atoms with van der Waals surface area (Å²) in [5, 5.41) is 4.62. The van der Waals surface area contributed by atoms with Crippen molar-refractivity contribution in [1.82, 2.24) is 9.38 Å². The molecule has 8 rings (SSSR count). The second-order valence-electron chi connectivity index (χ2n) is 9.16. The van der Waals surface area contributed by atoms with E-state index in [-0.39, 0.29) is 5.56 Å². The van der Waals surface area contributed by atoms with E-state index in [1.165, 1.54) is 0 Å². The Bertz CT molecular complexity index is 2170. The van der Waals surface area contributed by atoms with Gasteiger partial charge in [0.05, 0.1) is 11.0 Å². The fourth-order valence-electron chi connectivity index (χ4n) is 5.58. The van der Waals surface area contributed by atoms with E-state index in [9.17, 15) is 4.79 Å². The summed E-state index contributed by atoms with van der Waals surface area (Å²) in [5.74, 6) is 0.633. The van der Waals surface area contributed by atoms with Crippen molar-refractivity contribution >= 4 is 49.1 Å². The number of benzene rings is 5. The summed E-state index contributed by atoms with van der Waals surface area (Å²) < 4.78 is 7.93. The van der Waals surface area contributed by atoms with Crippen LogP contribution in [0, 0.1) is 0 Å². The van der Waals surface area contributed by atoms with Gasteiger partial charge in [0.15, 0.2) is 0 Å². The molecule has 3 aromatic heterocycles. The molecule has 4 heteroatoms. The maximum absolute atomic E-state index is 13.9. The molecule has 4 nitrogen and oxygen atoms in total. The quantitative estimate of drug-likeness (QED) is 0.248. The van der Waals surface area contributed by atoms with Crippen LogP contribution in [0.15, 0.2) is 118 Å². The number of aromatic nitrogens is 2. The zero-order valence-electron chi connectivity index (χ0n) is 19.1. The Morgan fingerprint density at radius 3 is 2.19 bits per heavy atom. The van der Waals surface area contributed by atoms with E-state index >= 15 is 0 Å². The van der Waals surface area contributed by atoms with E-state index < -0.39 is 0 Å². The van der Waals surface area contributed by atoms with Crippen molar-refractivity contribution in [1.29, 1.82) is 0 Å². The Morgan fingerprint density at radius 1 is 0.611 bits per heavy atom. The molecule has 168 valence electrons. The van der Waals surface area contributed by atoms with Crippen LogP contribution < -0.4 is 5.56 Å². The van der Waals surface area contributed by atoms with Gasteiger partial charge in [0.1, 0.15) is 17.0 Å². The Labute approximate surface area is 205 Å². The maximum Gasteiger partial charge on any atom is 0.264 e. The highest BCUT2D eigenvalue weighted by Crippen LogP contribution is 2.39. The highest BCUT2D eigenvalue weighted by Gasteiger charge is 2.22. The second kappa shape index (κ2) is 7.03. The predicted molar refractivity (Wildman–Crippen MR) is 146 cm³/mol. The molecular weight excluding hydrogens is 444 g/mol. The van der Waals surface area contributed by atoms with Crippen molar-refractivity contribution in [3.05, 3.63) is 120 Å². The first-order valence-corrected chi connectivity index (χ1v) is 11.9. The lowest BCUT2D eigenvalue weighted by atomic mass is 9.99. The first-order valence-electron chi connectivity index (χ1n) is 11.9. The van der Waals surface area contributed by atoms with Crippen LogP contribution in [-0.2, 0) is 0 Å². The first-order chi connectivity index (χ1) is 17.8. The minimum Gasteiger partial charge on any atom is -0.456 e. The zero-order chi connectivity index (χ0) is 23.8. The number of para-hydroxylation sites is 1. The van der Waals surface area contributed by atoms with Gasteiger partial charge in [-0.25, -0.2) is 4.98 Å². The highest BCUT2D eigenvalue weighted by atomic mass is 16.3. The van der Waals surface area contributed by atoms with Crippen molar-refractivity contribution in [2.45, 2.75) is 0 Å². The summed E-state index contributed by atoms with van der Waals surface area (Å²) in [7, 11) is 0. The Hall–Kier alpha value is -4.96. The summed E-state index contributed by atoms with van der Waals surface area (Å²) in [4.78, 5) is 19.1. The van der Waals surface area contributed by atoms with E-state index in [1.807, 2.05) is 78.9 Å². The zero-order valence-corrected chi connectivity index (χ0v) is 19.1. The van der Waals surface area contributed by atoms with Gasteiger partial charge in [-0.05, 0) is 46.8 Å². The normalized spacial score (nSPS) is 12.0. The van der Waals surface area contributed by atoms with Gasteiger partial charge in [-0.2, -0.15) is 0 Å². The van der Waals surface area contributed by atoms with Crippen molar-refractivity contribution in [2.75, 3.05) is 0 Å². The molecule has 0 saturated carbocycles. The predicted octanol–water partition coefficient (Wildman–Crippen LogP) is 7.67.